The van der Waals surface area contributed by atoms with E-state index in [-0.39, 0.29) is 17.8 Å². The predicted octanol–water partition coefficient (Wildman–Crippen LogP) is 2.26. The van der Waals surface area contributed by atoms with Gasteiger partial charge in [0, 0.05) is 17.5 Å². The maximum Gasteiger partial charge on any atom is 0.173 e. The van der Waals surface area contributed by atoms with Crippen LogP contribution in [0.2, 0.25) is 0 Å². The second-order valence-corrected chi connectivity index (χ2v) is 6.93. The zero-order valence-corrected chi connectivity index (χ0v) is 11.8. The predicted molar refractivity (Wildman–Crippen MR) is 74.2 cm³/mol. The van der Waals surface area contributed by atoms with Gasteiger partial charge in [0.2, 0.25) is 0 Å². The van der Waals surface area contributed by atoms with E-state index in [4.69, 9.17) is 0 Å². The van der Waals surface area contributed by atoms with Crippen molar-refractivity contribution >= 4 is 9.84 Å². The Balaban J connectivity index is 2.06. The summed E-state index contributed by atoms with van der Waals surface area (Å²) in [5.41, 5.74) is 3.72. The molecule has 1 aromatic rings. The topological polar surface area (TPSA) is 46.2 Å². The average Bonchev–Trinajstić information content (AvgIpc) is 2.62. The van der Waals surface area contributed by atoms with Gasteiger partial charge in [0.1, 0.15) is 0 Å². The van der Waals surface area contributed by atoms with Crippen molar-refractivity contribution in [3.8, 4) is 0 Å². The van der Waals surface area contributed by atoms with Crippen LogP contribution < -0.4 is 5.32 Å². The molecule has 2 atom stereocenters. The molecule has 0 aromatic heterocycles. The number of nitrogens with one attached hydrogen (secondary N) is 1. The van der Waals surface area contributed by atoms with Gasteiger partial charge in [-0.05, 0) is 37.5 Å². The monoisotopic (exact) mass is 265 g/mol. The van der Waals surface area contributed by atoms with Crippen LogP contribution in [0.5, 0.6) is 0 Å². The van der Waals surface area contributed by atoms with E-state index in [9.17, 15) is 8.42 Å². The Morgan fingerprint density at radius 1 is 1.28 bits per heavy atom. The van der Waals surface area contributed by atoms with Gasteiger partial charge in [-0.3, -0.25) is 0 Å². The molecule has 1 heterocycles. The van der Waals surface area contributed by atoms with E-state index in [2.05, 4.69) is 44.3 Å². The molecule has 0 amide bonds. The second kappa shape index (κ2) is 4.86. The lowest BCUT2D eigenvalue weighted by Gasteiger charge is -2.19. The number of rotatable bonds is 3. The van der Waals surface area contributed by atoms with Gasteiger partial charge in [0.05, 0.1) is 5.75 Å². The molecule has 4 heteroatoms. The molecule has 0 saturated carbocycles. The lowest BCUT2D eigenvalue weighted by molar-refractivity contribution is 0.535. The highest BCUT2D eigenvalue weighted by Gasteiger charge is 2.23. The minimum Gasteiger partial charge on any atom is -0.303 e. The Bertz CT molecular complexity index is 575. The van der Waals surface area contributed by atoms with Gasteiger partial charge in [-0.25, -0.2) is 8.42 Å². The summed E-state index contributed by atoms with van der Waals surface area (Å²) in [4.78, 5) is 0. The minimum absolute atomic E-state index is 0.0772. The molecular weight excluding hydrogens is 246 g/mol. The quantitative estimate of drug-likeness (QED) is 0.912. The highest BCUT2D eigenvalue weighted by molar-refractivity contribution is 7.94. The molecule has 0 fully saturated rings. The molecule has 2 rings (SSSR count). The molecule has 0 bridgehead atoms. The van der Waals surface area contributed by atoms with E-state index in [0.717, 1.165) is 0 Å². The van der Waals surface area contributed by atoms with Crippen molar-refractivity contribution in [2.45, 2.75) is 32.9 Å². The Morgan fingerprint density at radius 2 is 2.00 bits per heavy atom. The first-order valence-electron chi connectivity index (χ1n) is 6.11. The van der Waals surface area contributed by atoms with E-state index in [1.54, 1.807) is 6.08 Å². The lowest BCUT2D eigenvalue weighted by atomic mass is 10.0. The molecule has 0 spiro atoms. The first-order valence-corrected chi connectivity index (χ1v) is 7.83. The number of benzene rings is 1. The van der Waals surface area contributed by atoms with Crippen molar-refractivity contribution in [2.75, 3.05) is 5.75 Å². The van der Waals surface area contributed by atoms with Crippen LogP contribution in [0.25, 0.3) is 0 Å². The van der Waals surface area contributed by atoms with Crippen LogP contribution in [-0.4, -0.2) is 20.2 Å². The summed E-state index contributed by atoms with van der Waals surface area (Å²) in [7, 11) is -2.98. The van der Waals surface area contributed by atoms with Gasteiger partial charge in [-0.2, -0.15) is 0 Å². The summed E-state index contributed by atoms with van der Waals surface area (Å²) in [5, 5.41) is 4.63. The Kier molecular flexibility index (Phi) is 3.59. The fourth-order valence-corrected chi connectivity index (χ4v) is 3.38. The van der Waals surface area contributed by atoms with E-state index >= 15 is 0 Å². The summed E-state index contributed by atoms with van der Waals surface area (Å²) in [6, 6.07) is 6.41. The van der Waals surface area contributed by atoms with E-state index < -0.39 is 9.84 Å². The number of sulfone groups is 1. The first kappa shape index (κ1) is 13.3. The molecule has 1 aliphatic heterocycles. The van der Waals surface area contributed by atoms with Gasteiger partial charge in [0.15, 0.2) is 9.84 Å². The molecule has 1 aromatic carbocycles. The van der Waals surface area contributed by atoms with Gasteiger partial charge < -0.3 is 5.32 Å². The molecular formula is C14H19NO2S. The minimum atomic E-state index is -2.98. The highest BCUT2D eigenvalue weighted by Crippen LogP contribution is 2.19. The van der Waals surface area contributed by atoms with Crippen LogP contribution in [0.4, 0.5) is 0 Å². The molecule has 0 aliphatic carbocycles. The zero-order chi connectivity index (χ0) is 13.3. The number of aryl methyl sites for hydroxylation is 2. The van der Waals surface area contributed by atoms with Crippen LogP contribution in [0.1, 0.15) is 29.7 Å². The summed E-state index contributed by atoms with van der Waals surface area (Å²) in [5.74, 6) is 0.169. The van der Waals surface area contributed by atoms with Crippen LogP contribution in [0.15, 0.2) is 29.7 Å². The summed E-state index contributed by atoms with van der Waals surface area (Å²) >= 11 is 0. The third-order valence-electron chi connectivity index (χ3n) is 3.43. The molecule has 3 nitrogen and oxygen atoms in total. The first-order chi connectivity index (χ1) is 8.37. The Morgan fingerprint density at radius 3 is 2.56 bits per heavy atom. The van der Waals surface area contributed by atoms with Crippen molar-refractivity contribution in [3.05, 3.63) is 46.4 Å². The molecule has 0 saturated heterocycles. The van der Waals surface area contributed by atoms with Crippen molar-refractivity contribution in [1.29, 1.82) is 0 Å². The van der Waals surface area contributed by atoms with Crippen molar-refractivity contribution in [1.82, 2.24) is 5.32 Å². The molecule has 0 radical (unpaired) electrons. The van der Waals surface area contributed by atoms with Crippen molar-refractivity contribution in [2.24, 2.45) is 0 Å². The van der Waals surface area contributed by atoms with Gasteiger partial charge in [-0.1, -0.05) is 24.3 Å². The largest absolute Gasteiger partial charge is 0.303 e. The summed E-state index contributed by atoms with van der Waals surface area (Å²) in [6.07, 6.45) is 1.73. The fourth-order valence-electron chi connectivity index (χ4n) is 2.13. The lowest BCUT2D eigenvalue weighted by Crippen LogP contribution is -2.32. The standard InChI is InChI=1S/C14H19NO2S/c1-10-4-5-13(8-11(10)2)12(3)15-14-6-7-18(16,17)9-14/h4-8,12,14-15H,9H2,1-3H3. The molecule has 18 heavy (non-hydrogen) atoms. The Labute approximate surface area is 109 Å². The van der Waals surface area contributed by atoms with Crippen LogP contribution in [0, 0.1) is 13.8 Å². The normalized spacial score (nSPS) is 23.2. The Hall–Kier alpha value is -1.13. The summed E-state index contributed by atoms with van der Waals surface area (Å²) < 4.78 is 22.7. The fraction of sp³-hybridized carbons (Fsp3) is 0.429. The van der Waals surface area contributed by atoms with E-state index in [1.165, 1.54) is 22.1 Å². The van der Waals surface area contributed by atoms with Gasteiger partial charge >= 0.3 is 0 Å². The molecule has 1 N–H and O–H groups in total. The van der Waals surface area contributed by atoms with Crippen molar-refractivity contribution < 1.29 is 8.42 Å². The zero-order valence-electron chi connectivity index (χ0n) is 11.0. The molecule has 98 valence electrons. The second-order valence-electron chi connectivity index (χ2n) is 5.00. The summed E-state index contributed by atoms with van der Waals surface area (Å²) in [6.45, 7) is 6.23. The number of hydrogen-bond acceptors (Lipinski definition) is 3. The van der Waals surface area contributed by atoms with Crippen molar-refractivity contribution in [3.63, 3.8) is 0 Å². The average molecular weight is 265 g/mol. The van der Waals surface area contributed by atoms with Crippen LogP contribution in [0.3, 0.4) is 0 Å². The SMILES string of the molecule is Cc1ccc(C(C)NC2C=CS(=O)(=O)C2)cc1C. The maximum atomic E-state index is 11.3. The van der Waals surface area contributed by atoms with Crippen LogP contribution in [-0.2, 0) is 9.84 Å². The van der Waals surface area contributed by atoms with Gasteiger partial charge in [0.25, 0.3) is 0 Å². The highest BCUT2D eigenvalue weighted by atomic mass is 32.2. The maximum absolute atomic E-state index is 11.3. The smallest absolute Gasteiger partial charge is 0.173 e. The van der Waals surface area contributed by atoms with Gasteiger partial charge in [-0.15, -0.1) is 0 Å². The number of hydrogen-bond donors (Lipinski definition) is 1. The third-order valence-corrected chi connectivity index (χ3v) is 4.82. The molecule has 1 aliphatic rings. The third kappa shape index (κ3) is 3.00. The van der Waals surface area contributed by atoms with E-state index in [0.29, 0.717) is 0 Å². The van der Waals surface area contributed by atoms with Crippen LogP contribution >= 0.6 is 0 Å². The molecule has 2 unspecified atom stereocenters. The van der Waals surface area contributed by atoms with E-state index in [1.807, 2.05) is 0 Å².